The number of benzene rings is 1. The molecule has 0 saturated carbocycles. The predicted octanol–water partition coefficient (Wildman–Crippen LogP) is 2.79. The van der Waals surface area contributed by atoms with Crippen molar-refractivity contribution in [3.8, 4) is 0 Å². The Morgan fingerprint density at radius 1 is 1.53 bits per heavy atom. The molecule has 0 spiro atoms. The second-order valence-corrected chi connectivity index (χ2v) is 4.70. The fourth-order valence-corrected chi connectivity index (χ4v) is 1.78. The first-order chi connectivity index (χ1) is 7.95. The highest BCUT2D eigenvalue weighted by Crippen LogP contribution is 2.23. The molecule has 0 heterocycles. The van der Waals surface area contributed by atoms with Gasteiger partial charge in [0.15, 0.2) is 0 Å². The van der Waals surface area contributed by atoms with E-state index in [1.807, 2.05) is 13.8 Å². The quantitative estimate of drug-likeness (QED) is 0.927. The molecule has 0 radical (unpaired) electrons. The third-order valence-electron chi connectivity index (χ3n) is 2.60. The number of rotatable bonds is 4. The smallest absolute Gasteiger partial charge is 0.241 e. The van der Waals surface area contributed by atoms with Crippen LogP contribution in [0, 0.1) is 12.7 Å². The van der Waals surface area contributed by atoms with Crippen LogP contribution in [0.15, 0.2) is 16.6 Å². The zero-order valence-corrected chi connectivity index (χ0v) is 11.8. The molecule has 0 aliphatic rings. The Hall–Kier alpha value is -1.10. The van der Waals surface area contributed by atoms with Crippen LogP contribution in [0.2, 0.25) is 0 Å². The second kappa shape index (κ2) is 6.00. The van der Waals surface area contributed by atoms with Gasteiger partial charge >= 0.3 is 0 Å². The lowest BCUT2D eigenvalue weighted by Crippen LogP contribution is -2.32. The molecule has 0 atom stereocenters. The molecule has 1 N–H and O–H groups in total. The summed E-state index contributed by atoms with van der Waals surface area (Å²) in [6.07, 6.45) is 0. The summed E-state index contributed by atoms with van der Waals surface area (Å²) in [7, 11) is 1.74. The molecule has 94 valence electrons. The van der Waals surface area contributed by atoms with Crippen LogP contribution in [0.5, 0.6) is 0 Å². The Bertz CT molecular complexity index is 423. The number of amides is 1. The molecule has 0 bridgehead atoms. The number of nitrogens with one attached hydrogen (secondary N) is 1. The fraction of sp³-hybridized carbons (Fsp3) is 0.417. The van der Waals surface area contributed by atoms with Gasteiger partial charge in [-0.2, -0.15) is 0 Å². The Kier molecular flexibility index (Phi) is 4.93. The van der Waals surface area contributed by atoms with Crippen molar-refractivity contribution in [2.75, 3.05) is 25.5 Å². The summed E-state index contributed by atoms with van der Waals surface area (Å²) in [6.45, 7) is 4.60. The van der Waals surface area contributed by atoms with E-state index < -0.39 is 0 Å². The van der Waals surface area contributed by atoms with E-state index in [0.717, 1.165) is 5.56 Å². The molecule has 0 fully saturated rings. The maximum atomic E-state index is 13.3. The number of halogens is 2. The van der Waals surface area contributed by atoms with Crippen molar-refractivity contribution in [3.63, 3.8) is 0 Å². The first kappa shape index (κ1) is 14.0. The van der Waals surface area contributed by atoms with Crippen molar-refractivity contribution in [2.45, 2.75) is 13.8 Å². The minimum atomic E-state index is -0.339. The fourth-order valence-electron chi connectivity index (χ4n) is 1.32. The molecule has 5 heteroatoms. The third kappa shape index (κ3) is 3.70. The molecule has 0 aliphatic carbocycles. The zero-order valence-electron chi connectivity index (χ0n) is 10.2. The topological polar surface area (TPSA) is 32.3 Å². The van der Waals surface area contributed by atoms with Crippen molar-refractivity contribution in [2.24, 2.45) is 0 Å². The van der Waals surface area contributed by atoms with Crippen molar-refractivity contribution >= 4 is 27.5 Å². The predicted molar refractivity (Wildman–Crippen MR) is 70.6 cm³/mol. The molecular weight excluding hydrogens is 287 g/mol. The highest BCUT2D eigenvalue weighted by Gasteiger charge is 2.09. The molecule has 1 aromatic carbocycles. The normalized spacial score (nSPS) is 10.2. The summed E-state index contributed by atoms with van der Waals surface area (Å²) in [5.74, 6) is -0.357. The molecule has 1 aromatic rings. The number of anilines is 1. The van der Waals surface area contributed by atoms with Gasteiger partial charge in [-0.05, 0) is 47.5 Å². The Morgan fingerprint density at radius 2 is 2.18 bits per heavy atom. The van der Waals surface area contributed by atoms with Gasteiger partial charge in [0, 0.05) is 19.3 Å². The van der Waals surface area contributed by atoms with Crippen LogP contribution in [0.4, 0.5) is 10.1 Å². The number of aryl methyl sites for hydroxylation is 1. The number of carbonyl (C=O) groups excluding carboxylic acids is 1. The van der Waals surface area contributed by atoms with E-state index in [9.17, 15) is 9.18 Å². The van der Waals surface area contributed by atoms with Gasteiger partial charge in [0.2, 0.25) is 5.91 Å². The third-order valence-corrected chi connectivity index (χ3v) is 3.21. The first-order valence-electron chi connectivity index (χ1n) is 5.39. The van der Waals surface area contributed by atoms with Crippen LogP contribution >= 0.6 is 15.9 Å². The van der Waals surface area contributed by atoms with Crippen LogP contribution in [-0.2, 0) is 4.79 Å². The molecule has 0 aliphatic heterocycles. The second-order valence-electron chi connectivity index (χ2n) is 3.84. The van der Waals surface area contributed by atoms with E-state index in [0.29, 0.717) is 16.7 Å². The van der Waals surface area contributed by atoms with Gasteiger partial charge in [0.1, 0.15) is 5.82 Å². The molecule has 1 amide bonds. The van der Waals surface area contributed by atoms with E-state index in [1.165, 1.54) is 6.07 Å². The molecule has 17 heavy (non-hydrogen) atoms. The number of likely N-dealkylation sites (N-methyl/N-ethyl adjacent to an activating group) is 1. The molecular formula is C12H16BrFN2O. The van der Waals surface area contributed by atoms with Crippen LogP contribution in [0.25, 0.3) is 0 Å². The average molecular weight is 303 g/mol. The Labute approximate surface area is 109 Å². The van der Waals surface area contributed by atoms with Crippen LogP contribution in [-0.4, -0.2) is 30.9 Å². The molecule has 1 rings (SSSR count). The number of carbonyl (C=O) groups is 1. The Balaban J connectivity index is 2.70. The van der Waals surface area contributed by atoms with Gasteiger partial charge in [0.05, 0.1) is 11.0 Å². The van der Waals surface area contributed by atoms with E-state index in [2.05, 4.69) is 21.2 Å². The first-order valence-corrected chi connectivity index (χ1v) is 6.18. The van der Waals surface area contributed by atoms with Crippen molar-refractivity contribution in [1.29, 1.82) is 0 Å². The lowest BCUT2D eigenvalue weighted by molar-refractivity contribution is -0.127. The van der Waals surface area contributed by atoms with Gasteiger partial charge < -0.3 is 10.2 Å². The van der Waals surface area contributed by atoms with Crippen molar-refractivity contribution in [3.05, 3.63) is 28.0 Å². The molecule has 0 unspecified atom stereocenters. The van der Waals surface area contributed by atoms with Gasteiger partial charge in [-0.1, -0.05) is 0 Å². The van der Waals surface area contributed by atoms with Crippen molar-refractivity contribution < 1.29 is 9.18 Å². The maximum Gasteiger partial charge on any atom is 0.241 e. The summed E-state index contributed by atoms with van der Waals surface area (Å²) in [4.78, 5) is 13.2. The SMILES string of the molecule is CCN(C)C(=O)CNc1cc(F)c(Br)cc1C. The maximum absolute atomic E-state index is 13.3. The minimum Gasteiger partial charge on any atom is -0.376 e. The summed E-state index contributed by atoms with van der Waals surface area (Å²) >= 11 is 3.12. The van der Waals surface area contributed by atoms with E-state index >= 15 is 0 Å². The Morgan fingerprint density at radius 3 is 2.76 bits per heavy atom. The van der Waals surface area contributed by atoms with Gasteiger partial charge in [0.25, 0.3) is 0 Å². The molecule has 0 saturated heterocycles. The number of nitrogens with zero attached hydrogens (tertiary/aromatic N) is 1. The van der Waals surface area contributed by atoms with Crippen molar-refractivity contribution in [1.82, 2.24) is 4.90 Å². The van der Waals surface area contributed by atoms with Crippen LogP contribution < -0.4 is 5.32 Å². The molecule has 3 nitrogen and oxygen atoms in total. The average Bonchev–Trinajstić information content (AvgIpc) is 2.30. The highest BCUT2D eigenvalue weighted by atomic mass is 79.9. The van der Waals surface area contributed by atoms with Gasteiger partial charge in [-0.3, -0.25) is 4.79 Å². The van der Waals surface area contributed by atoms with Crippen LogP contribution in [0.1, 0.15) is 12.5 Å². The summed E-state index contributed by atoms with van der Waals surface area (Å²) in [5, 5.41) is 2.94. The summed E-state index contributed by atoms with van der Waals surface area (Å²) < 4.78 is 13.8. The minimum absolute atomic E-state index is 0.0183. The van der Waals surface area contributed by atoms with E-state index in [-0.39, 0.29) is 18.3 Å². The lowest BCUT2D eigenvalue weighted by Gasteiger charge is -2.16. The zero-order chi connectivity index (χ0) is 13.0. The number of hydrogen-bond acceptors (Lipinski definition) is 2. The van der Waals surface area contributed by atoms with Gasteiger partial charge in [-0.15, -0.1) is 0 Å². The van der Waals surface area contributed by atoms with E-state index in [4.69, 9.17) is 0 Å². The largest absolute Gasteiger partial charge is 0.376 e. The summed E-state index contributed by atoms with van der Waals surface area (Å²) in [5.41, 5.74) is 1.54. The highest BCUT2D eigenvalue weighted by molar-refractivity contribution is 9.10. The standard InChI is InChI=1S/C12H16BrFN2O/c1-4-16(3)12(17)7-15-11-6-10(14)9(13)5-8(11)2/h5-6,15H,4,7H2,1-3H3. The lowest BCUT2D eigenvalue weighted by atomic mass is 10.2. The number of hydrogen-bond donors (Lipinski definition) is 1. The monoisotopic (exact) mass is 302 g/mol. The van der Waals surface area contributed by atoms with E-state index in [1.54, 1.807) is 18.0 Å². The summed E-state index contributed by atoms with van der Waals surface area (Å²) in [6, 6.07) is 3.07. The molecule has 0 aromatic heterocycles. The van der Waals surface area contributed by atoms with Gasteiger partial charge in [-0.25, -0.2) is 4.39 Å². The van der Waals surface area contributed by atoms with Crippen LogP contribution in [0.3, 0.4) is 0 Å².